The van der Waals surface area contributed by atoms with Crippen molar-refractivity contribution in [3.8, 4) is 5.88 Å². The molecule has 1 aromatic rings. The van der Waals surface area contributed by atoms with E-state index in [1.54, 1.807) is 0 Å². The molecule has 1 aliphatic rings. The van der Waals surface area contributed by atoms with Crippen LogP contribution in [0.2, 0.25) is 0 Å². The highest BCUT2D eigenvalue weighted by Crippen LogP contribution is 2.20. The van der Waals surface area contributed by atoms with Gasteiger partial charge in [0.2, 0.25) is 11.8 Å². The number of nitrogens with zero attached hydrogens (tertiary/aromatic N) is 3. The molecule has 0 aliphatic carbocycles. The van der Waals surface area contributed by atoms with Crippen LogP contribution in [-0.2, 0) is 4.74 Å². The number of hydrogen-bond acceptors (Lipinski definition) is 5. The lowest BCUT2D eigenvalue weighted by Crippen LogP contribution is -2.47. The van der Waals surface area contributed by atoms with Crippen molar-refractivity contribution < 1.29 is 9.47 Å². The first-order valence-electron chi connectivity index (χ1n) is 6.53. The average Bonchev–Trinajstić information content (AvgIpc) is 2.37. The van der Waals surface area contributed by atoms with E-state index < -0.39 is 0 Å². The Bertz CT molecular complexity index is 428. The van der Waals surface area contributed by atoms with E-state index >= 15 is 0 Å². The average molecular weight is 286 g/mol. The molecule has 1 atom stereocenters. The first kappa shape index (κ1) is 14.3. The number of morpholine rings is 1. The van der Waals surface area contributed by atoms with Crippen LogP contribution in [0, 0.1) is 6.92 Å². The fourth-order valence-corrected chi connectivity index (χ4v) is 2.26. The topological polar surface area (TPSA) is 47.5 Å². The van der Waals surface area contributed by atoms with Gasteiger partial charge in [-0.25, -0.2) is 4.98 Å². The molecule has 1 fully saturated rings. The largest absolute Gasteiger partial charge is 0.475 e. The van der Waals surface area contributed by atoms with Gasteiger partial charge in [-0.3, -0.25) is 0 Å². The molecule has 5 nitrogen and oxygen atoms in total. The van der Waals surface area contributed by atoms with Gasteiger partial charge < -0.3 is 14.4 Å². The van der Waals surface area contributed by atoms with Crippen LogP contribution in [0.3, 0.4) is 0 Å². The van der Waals surface area contributed by atoms with Crippen LogP contribution < -0.4 is 9.64 Å². The molecular formula is C13H20ClN3O2. The zero-order valence-corrected chi connectivity index (χ0v) is 12.4. The van der Waals surface area contributed by atoms with E-state index in [0.717, 1.165) is 12.2 Å². The van der Waals surface area contributed by atoms with E-state index in [2.05, 4.69) is 14.9 Å². The molecule has 0 radical (unpaired) electrons. The SMILES string of the molecule is Cc1cc(OC(C)C)nc(N2CCOCC2CCl)n1. The lowest BCUT2D eigenvalue weighted by Gasteiger charge is -2.34. The van der Waals surface area contributed by atoms with Crippen molar-refractivity contribution in [1.29, 1.82) is 0 Å². The molecule has 0 amide bonds. The molecule has 0 aromatic carbocycles. The number of anilines is 1. The minimum atomic E-state index is 0.0932. The van der Waals surface area contributed by atoms with Gasteiger partial charge in [-0.2, -0.15) is 4.98 Å². The second kappa shape index (κ2) is 6.39. The van der Waals surface area contributed by atoms with Gasteiger partial charge in [0.05, 0.1) is 25.4 Å². The summed E-state index contributed by atoms with van der Waals surface area (Å²) in [6.45, 7) is 7.93. The monoisotopic (exact) mass is 285 g/mol. The van der Waals surface area contributed by atoms with Gasteiger partial charge in [0.25, 0.3) is 0 Å². The third-order valence-corrected chi connectivity index (χ3v) is 3.19. The minimum absolute atomic E-state index is 0.0932. The molecule has 0 spiro atoms. The summed E-state index contributed by atoms with van der Waals surface area (Å²) < 4.78 is 11.1. The van der Waals surface area contributed by atoms with E-state index in [0.29, 0.717) is 30.9 Å². The maximum absolute atomic E-state index is 5.98. The predicted molar refractivity (Wildman–Crippen MR) is 75.2 cm³/mol. The number of aromatic nitrogens is 2. The van der Waals surface area contributed by atoms with Gasteiger partial charge in [-0.1, -0.05) is 0 Å². The predicted octanol–water partition coefficient (Wildman–Crippen LogP) is 2.02. The molecule has 6 heteroatoms. The summed E-state index contributed by atoms with van der Waals surface area (Å²) in [6.07, 6.45) is 0.0932. The van der Waals surface area contributed by atoms with Gasteiger partial charge in [0.1, 0.15) is 0 Å². The van der Waals surface area contributed by atoms with Crippen LogP contribution in [0.25, 0.3) is 0 Å². The molecule has 0 N–H and O–H groups in total. The molecule has 2 heterocycles. The summed E-state index contributed by atoms with van der Waals surface area (Å²) in [5.41, 5.74) is 0.889. The van der Waals surface area contributed by atoms with Crippen molar-refractivity contribution >= 4 is 17.5 Å². The summed E-state index contributed by atoms with van der Waals surface area (Å²) in [4.78, 5) is 11.1. The van der Waals surface area contributed by atoms with Crippen molar-refractivity contribution in [2.75, 3.05) is 30.5 Å². The van der Waals surface area contributed by atoms with Crippen LogP contribution in [0.1, 0.15) is 19.5 Å². The van der Waals surface area contributed by atoms with Gasteiger partial charge >= 0.3 is 0 Å². The van der Waals surface area contributed by atoms with Crippen LogP contribution in [0.15, 0.2) is 6.07 Å². The third-order valence-electron chi connectivity index (χ3n) is 2.84. The molecule has 19 heavy (non-hydrogen) atoms. The van der Waals surface area contributed by atoms with Gasteiger partial charge in [-0.05, 0) is 20.8 Å². The van der Waals surface area contributed by atoms with Crippen molar-refractivity contribution in [3.05, 3.63) is 11.8 Å². The molecule has 0 bridgehead atoms. The Morgan fingerprint density at radius 3 is 3.00 bits per heavy atom. The first-order valence-corrected chi connectivity index (χ1v) is 7.06. The molecule has 1 unspecified atom stereocenters. The van der Waals surface area contributed by atoms with E-state index in [1.165, 1.54) is 0 Å². The molecule has 2 rings (SSSR count). The molecule has 1 saturated heterocycles. The Balaban J connectivity index is 2.24. The molecule has 0 saturated carbocycles. The van der Waals surface area contributed by atoms with Crippen LogP contribution in [-0.4, -0.2) is 47.8 Å². The Morgan fingerprint density at radius 2 is 2.32 bits per heavy atom. The fourth-order valence-electron chi connectivity index (χ4n) is 2.00. The number of ether oxygens (including phenoxy) is 2. The molecule has 106 valence electrons. The van der Waals surface area contributed by atoms with E-state index in [1.807, 2.05) is 26.8 Å². The van der Waals surface area contributed by atoms with E-state index in [4.69, 9.17) is 21.1 Å². The Hall–Kier alpha value is -1.07. The highest BCUT2D eigenvalue weighted by atomic mass is 35.5. The Morgan fingerprint density at radius 1 is 1.53 bits per heavy atom. The van der Waals surface area contributed by atoms with Gasteiger partial charge in [-0.15, -0.1) is 11.6 Å². The number of hydrogen-bond donors (Lipinski definition) is 0. The van der Waals surface area contributed by atoms with Crippen molar-refractivity contribution in [1.82, 2.24) is 9.97 Å². The van der Waals surface area contributed by atoms with Crippen LogP contribution in [0.5, 0.6) is 5.88 Å². The van der Waals surface area contributed by atoms with Crippen molar-refractivity contribution in [2.24, 2.45) is 0 Å². The zero-order chi connectivity index (χ0) is 13.8. The summed E-state index contributed by atoms with van der Waals surface area (Å²) >= 11 is 5.98. The normalized spacial score (nSPS) is 19.8. The van der Waals surface area contributed by atoms with Gasteiger partial charge in [0.15, 0.2) is 0 Å². The summed E-state index contributed by atoms with van der Waals surface area (Å²) in [5.74, 6) is 1.78. The number of aryl methyl sites for hydroxylation is 1. The highest BCUT2D eigenvalue weighted by Gasteiger charge is 2.25. The summed E-state index contributed by atoms with van der Waals surface area (Å²) in [7, 11) is 0. The maximum Gasteiger partial charge on any atom is 0.229 e. The lowest BCUT2D eigenvalue weighted by molar-refractivity contribution is 0.0987. The van der Waals surface area contributed by atoms with E-state index in [9.17, 15) is 0 Å². The van der Waals surface area contributed by atoms with Crippen molar-refractivity contribution in [3.63, 3.8) is 0 Å². The molecule has 1 aliphatic heterocycles. The molecule has 1 aromatic heterocycles. The first-order chi connectivity index (χ1) is 9.10. The third kappa shape index (κ3) is 3.70. The smallest absolute Gasteiger partial charge is 0.229 e. The van der Waals surface area contributed by atoms with Gasteiger partial charge in [0, 0.05) is 24.2 Å². The number of halogens is 1. The van der Waals surface area contributed by atoms with E-state index in [-0.39, 0.29) is 12.1 Å². The van der Waals surface area contributed by atoms with Crippen LogP contribution in [0.4, 0.5) is 5.95 Å². The highest BCUT2D eigenvalue weighted by molar-refractivity contribution is 6.18. The standard InChI is InChI=1S/C13H20ClN3O2/c1-9(2)19-12-6-10(3)15-13(16-12)17-4-5-18-8-11(17)7-14/h6,9,11H,4-5,7-8H2,1-3H3. The minimum Gasteiger partial charge on any atom is -0.475 e. The van der Waals surface area contributed by atoms with Crippen LogP contribution >= 0.6 is 11.6 Å². The summed E-state index contributed by atoms with van der Waals surface area (Å²) in [5, 5.41) is 0. The second-order valence-electron chi connectivity index (χ2n) is 4.89. The number of alkyl halides is 1. The lowest BCUT2D eigenvalue weighted by atomic mass is 10.2. The zero-order valence-electron chi connectivity index (χ0n) is 11.6. The van der Waals surface area contributed by atoms with Crippen molar-refractivity contribution in [2.45, 2.75) is 32.9 Å². The Kier molecular flexibility index (Phi) is 4.82. The maximum atomic E-state index is 5.98. The number of rotatable bonds is 4. The quantitative estimate of drug-likeness (QED) is 0.792. The summed E-state index contributed by atoms with van der Waals surface area (Å²) in [6, 6.07) is 1.96. The fraction of sp³-hybridized carbons (Fsp3) is 0.692. The molecular weight excluding hydrogens is 266 g/mol. The second-order valence-corrected chi connectivity index (χ2v) is 5.20. The Labute approximate surface area is 118 Å².